The number of terminal acetylenes is 2. The molecule has 0 saturated heterocycles. The molecular formula is C30H48I5O2V-. The summed E-state index contributed by atoms with van der Waals surface area (Å²) < 4.78 is 0. The van der Waals surface area contributed by atoms with E-state index < -0.39 is 5.60 Å². The van der Waals surface area contributed by atoms with Gasteiger partial charge in [0.15, 0.2) is 0 Å². The summed E-state index contributed by atoms with van der Waals surface area (Å²) in [5, 5.41) is 9.85. The van der Waals surface area contributed by atoms with Crippen molar-refractivity contribution >= 4 is 83.0 Å². The molecule has 1 N–H and O–H groups in total. The Labute approximate surface area is 294 Å². The number of allylic oxidation sites excluding steroid dienone is 4. The first-order valence-corrected chi connectivity index (χ1v) is 34.3. The molecule has 0 radical (unpaired) electrons. The van der Waals surface area contributed by atoms with Gasteiger partial charge in [-0.1, -0.05) is 55.9 Å². The molecule has 0 saturated carbocycles. The number of aliphatic hydroxyl groups is 1. The van der Waals surface area contributed by atoms with Crippen LogP contribution in [0.2, 0.25) is 0 Å². The van der Waals surface area contributed by atoms with Gasteiger partial charge >= 0.3 is 99.9 Å². The predicted molar refractivity (Wildman–Crippen MR) is 195 cm³/mol. The van der Waals surface area contributed by atoms with Crippen molar-refractivity contribution in [2.75, 3.05) is 0 Å². The second kappa shape index (κ2) is 24.9. The minimum atomic E-state index is -0.958. The fourth-order valence-corrected chi connectivity index (χ4v) is 5.20. The molecule has 2 aliphatic carbocycles. The van der Waals surface area contributed by atoms with Crippen LogP contribution in [-0.4, -0.2) is 16.5 Å². The van der Waals surface area contributed by atoms with E-state index in [1.807, 2.05) is 0 Å². The summed E-state index contributed by atoms with van der Waals surface area (Å²) in [4.78, 5) is 11.0. The summed E-state index contributed by atoms with van der Waals surface area (Å²) in [6, 6.07) is 0. The molecule has 8 heteroatoms. The van der Waals surface area contributed by atoms with E-state index in [0.717, 1.165) is 19.3 Å². The third kappa shape index (κ3) is 21.2. The topological polar surface area (TPSA) is 37.3 Å². The number of hydrogen-bond donors (Lipinski definition) is 1. The third-order valence-corrected chi connectivity index (χ3v) is 7.27. The molecule has 0 fully saturated rings. The van der Waals surface area contributed by atoms with Gasteiger partial charge in [0.2, 0.25) is 0 Å². The number of halogens is 5. The molecule has 38 heavy (non-hydrogen) atoms. The van der Waals surface area contributed by atoms with Crippen molar-refractivity contribution in [3.05, 3.63) is 22.3 Å². The summed E-state index contributed by atoms with van der Waals surface area (Å²) in [5.41, 5.74) is 5.74. The van der Waals surface area contributed by atoms with Gasteiger partial charge in [0.1, 0.15) is 11.4 Å². The number of carbonyl (C=O) groups excluding carboxylic acids is 1. The Hall–Kier alpha value is 2.46. The molecule has 1 unspecified atom stereocenters. The predicted octanol–water partition coefficient (Wildman–Crippen LogP) is 8.35. The standard InChI is InChI=1S/C15H24O.C13H22O.C2H2.I3.2HI.V/c1-6-15(5,16)11-9-13-12(2)8-7-10-14(13,3)4;1-10-6-5-9-13(3,4)12(10)8-7-11(2)14;1-2;1-3-2;;;/h1,16H,7-11H2,2-5H3;5-9H2,1-4H3;1-2H;;2*1H;/q;;;-1;;;+2/p-2. The maximum atomic E-state index is 11.0. The van der Waals surface area contributed by atoms with Crippen LogP contribution >= 0.6 is 77.2 Å². The van der Waals surface area contributed by atoms with E-state index in [2.05, 4.69) is 137 Å². The zero-order chi connectivity index (χ0) is 30.6. The number of carbonyl (C=O) groups is 1. The first-order valence-electron chi connectivity index (χ1n) is 12.8. The van der Waals surface area contributed by atoms with Gasteiger partial charge in [0.25, 0.3) is 0 Å². The summed E-state index contributed by atoms with van der Waals surface area (Å²) in [7, 11) is 0.628. The molecule has 0 heterocycles. The molecule has 0 aliphatic heterocycles. The second-order valence-electron chi connectivity index (χ2n) is 11.2. The van der Waals surface area contributed by atoms with E-state index in [1.165, 1.54) is 55.2 Å². The Morgan fingerprint density at radius 1 is 1.00 bits per heavy atom. The fourth-order valence-electron chi connectivity index (χ4n) is 5.20. The number of hydrogen-bond acceptors (Lipinski definition) is 2. The number of rotatable bonds is 6. The van der Waals surface area contributed by atoms with Crippen molar-refractivity contribution < 1.29 is 32.6 Å². The molecule has 221 valence electrons. The Bertz CT molecular complexity index is 803. The first-order chi connectivity index (χ1) is 17.5. The monoisotopic (exact) mass is 1130 g/mol. The van der Waals surface area contributed by atoms with Gasteiger partial charge in [-0.15, -0.1) is 19.3 Å². The quantitative estimate of drug-likeness (QED) is 0.165. The van der Waals surface area contributed by atoms with Crippen molar-refractivity contribution in [1.29, 1.82) is 0 Å². The van der Waals surface area contributed by atoms with Crippen molar-refractivity contribution in [3.8, 4) is 25.2 Å². The van der Waals surface area contributed by atoms with Gasteiger partial charge in [0, 0.05) is 6.42 Å². The minimum absolute atomic E-state index is 0.285. The molecule has 0 amide bonds. The summed E-state index contributed by atoms with van der Waals surface area (Å²) in [6.07, 6.45) is 24.2. The van der Waals surface area contributed by atoms with Crippen LogP contribution in [0.3, 0.4) is 0 Å². The zero-order valence-corrected chi connectivity index (χ0v) is 36.7. The van der Waals surface area contributed by atoms with Gasteiger partial charge in [-0.25, -0.2) is 0 Å². The van der Waals surface area contributed by atoms with Gasteiger partial charge in [-0.05, 0) is 96.3 Å². The Morgan fingerprint density at radius 3 is 1.63 bits per heavy atom. The van der Waals surface area contributed by atoms with Crippen LogP contribution in [0.5, 0.6) is 0 Å². The maximum absolute atomic E-state index is 11.0. The second-order valence-corrected chi connectivity index (χ2v) is 39.3. The molecular weight excluding hydrogens is 1080 g/mol. The normalized spacial score (nSPS) is 18.8. The number of Topliss-reactive ketones (excluding diaryl/α,β-unsaturated/α-hetero) is 1. The van der Waals surface area contributed by atoms with Crippen LogP contribution in [0.4, 0.5) is 0 Å². The van der Waals surface area contributed by atoms with Gasteiger partial charge in [0.05, 0.1) is 0 Å². The summed E-state index contributed by atoms with van der Waals surface area (Å²) in [5.74, 6) is 2.77. The van der Waals surface area contributed by atoms with Crippen LogP contribution in [0.25, 0.3) is 0 Å². The SMILES string of the molecule is C#C.C#CC(C)(O)CCC1=C(C)CCCC1(C)C.CC(=O)CCC1=C(C)CCCC1(C)C.I[I-]I.[I][V][I]. The van der Waals surface area contributed by atoms with E-state index in [0.29, 0.717) is 40.3 Å². The molecule has 0 aromatic heterocycles. The molecule has 0 aromatic rings. The molecule has 0 spiro atoms. The van der Waals surface area contributed by atoms with E-state index in [4.69, 9.17) is 6.42 Å². The molecule has 1 atom stereocenters. The average Bonchev–Trinajstić information content (AvgIpc) is 2.80. The van der Waals surface area contributed by atoms with Crippen molar-refractivity contribution in [1.82, 2.24) is 0 Å². The zero-order valence-electron chi connectivity index (χ0n) is 24.5. The van der Waals surface area contributed by atoms with Crippen LogP contribution < -0.4 is 13.3 Å². The summed E-state index contributed by atoms with van der Waals surface area (Å²) >= 11 is 10.0. The van der Waals surface area contributed by atoms with Crippen LogP contribution in [0, 0.1) is 36.0 Å². The van der Waals surface area contributed by atoms with Gasteiger partial charge in [-0.2, -0.15) is 0 Å². The molecule has 2 nitrogen and oxygen atoms in total. The molecule has 0 bridgehead atoms. The summed E-state index contributed by atoms with van der Waals surface area (Å²) in [6.45, 7) is 17.1. The number of ketones is 1. The molecule has 2 rings (SSSR count). The Balaban J connectivity index is -0.000000508. The molecule has 2 aliphatic rings. The Kier molecular flexibility index (Phi) is 29.4. The first kappa shape index (κ1) is 44.9. The van der Waals surface area contributed by atoms with E-state index in [1.54, 1.807) is 19.4 Å². The van der Waals surface area contributed by atoms with Crippen molar-refractivity contribution in [2.24, 2.45) is 10.8 Å². The van der Waals surface area contributed by atoms with Crippen LogP contribution in [0.1, 0.15) is 120 Å². The van der Waals surface area contributed by atoms with E-state index >= 15 is 0 Å². The van der Waals surface area contributed by atoms with Crippen LogP contribution in [-0.2, 0) is 14.3 Å². The van der Waals surface area contributed by atoms with Crippen molar-refractivity contribution in [2.45, 2.75) is 125 Å². The van der Waals surface area contributed by atoms with E-state index in [-0.39, 0.29) is 5.41 Å². The Morgan fingerprint density at radius 2 is 1.34 bits per heavy atom. The van der Waals surface area contributed by atoms with Gasteiger partial charge < -0.3 is 9.90 Å². The van der Waals surface area contributed by atoms with Gasteiger partial charge in [-0.3, -0.25) is 0 Å². The fraction of sp³-hybridized carbons (Fsp3) is 0.700. The third-order valence-electron chi connectivity index (χ3n) is 7.27. The van der Waals surface area contributed by atoms with E-state index in [9.17, 15) is 9.90 Å². The molecule has 0 aromatic carbocycles. The van der Waals surface area contributed by atoms with Crippen molar-refractivity contribution in [3.63, 3.8) is 0 Å². The average molecular weight is 1130 g/mol. The van der Waals surface area contributed by atoms with Crippen LogP contribution in [0.15, 0.2) is 22.3 Å².